The molecule has 0 atom stereocenters. The van der Waals surface area contributed by atoms with Crippen LogP contribution in [0.25, 0.3) is 0 Å². The molecule has 1 aliphatic heterocycles. The van der Waals surface area contributed by atoms with E-state index < -0.39 is 10.0 Å². The largest absolute Gasteiger partial charge is 0.489 e. The molecule has 0 bridgehead atoms. The van der Waals surface area contributed by atoms with Crippen molar-refractivity contribution in [3.63, 3.8) is 0 Å². The number of rotatable bonds is 6. The molecule has 1 aromatic carbocycles. The van der Waals surface area contributed by atoms with Gasteiger partial charge in [0.2, 0.25) is 10.0 Å². The minimum atomic E-state index is -3.18. The Morgan fingerprint density at radius 3 is 2.73 bits per heavy atom. The number of carbonyl (C=O) groups is 1. The van der Waals surface area contributed by atoms with Crippen LogP contribution in [0.5, 0.6) is 5.75 Å². The summed E-state index contributed by atoms with van der Waals surface area (Å²) in [6, 6.07) is 6.94. The Morgan fingerprint density at radius 2 is 2.08 bits per heavy atom. The fraction of sp³-hybridized carbons (Fsp3) is 0.467. The number of para-hydroxylation sites is 1. The van der Waals surface area contributed by atoms with Gasteiger partial charge in [-0.05, 0) is 25.0 Å². The number of H-pyrrole nitrogens is 1. The molecule has 2 heterocycles. The van der Waals surface area contributed by atoms with Crippen molar-refractivity contribution in [2.24, 2.45) is 0 Å². The van der Waals surface area contributed by atoms with Gasteiger partial charge in [0.05, 0.1) is 18.4 Å². The lowest BCUT2D eigenvalue weighted by atomic mass is 10.1. The van der Waals surface area contributed by atoms with E-state index in [9.17, 15) is 13.2 Å². The van der Waals surface area contributed by atoms with Crippen LogP contribution in [0.4, 0.5) is 0 Å². The van der Waals surface area contributed by atoms with E-state index in [1.807, 2.05) is 0 Å². The first-order chi connectivity index (χ1) is 12.4. The minimum Gasteiger partial charge on any atom is -0.489 e. The van der Waals surface area contributed by atoms with Gasteiger partial charge >= 0.3 is 0 Å². The number of amides is 1. The highest BCUT2D eigenvalue weighted by Crippen LogP contribution is 2.24. The monoisotopic (exact) mass is 380 g/mol. The summed E-state index contributed by atoms with van der Waals surface area (Å²) < 4.78 is 30.6. The summed E-state index contributed by atoms with van der Waals surface area (Å²) in [5.74, 6) is 0.541. The van der Waals surface area contributed by atoms with Gasteiger partial charge in [-0.3, -0.25) is 4.79 Å². The standard InChI is InChI=1S/C15H20N6O4S/c1-26(23,24)21-8-6-11(7-9-21)25-13-5-3-2-4-12(13)15(22)16-10-14-17-19-20-18-14/h2-5,11H,6-10H2,1H3,(H,16,22)(H,17,18,19,20). The molecule has 0 spiro atoms. The highest BCUT2D eigenvalue weighted by atomic mass is 32.2. The number of hydrogen-bond donors (Lipinski definition) is 2. The Morgan fingerprint density at radius 1 is 1.35 bits per heavy atom. The third-order valence-electron chi connectivity index (χ3n) is 4.09. The number of sulfonamides is 1. The van der Waals surface area contributed by atoms with Crippen LogP contribution in [-0.4, -0.2) is 64.7 Å². The summed E-state index contributed by atoms with van der Waals surface area (Å²) in [6.07, 6.45) is 2.22. The Labute approximate surface area is 151 Å². The Balaban J connectivity index is 1.61. The van der Waals surface area contributed by atoms with Gasteiger partial charge in [-0.25, -0.2) is 12.7 Å². The van der Waals surface area contributed by atoms with Crippen LogP contribution < -0.4 is 10.1 Å². The summed E-state index contributed by atoms with van der Waals surface area (Å²) >= 11 is 0. The Hall–Kier alpha value is -2.53. The maximum atomic E-state index is 12.4. The molecule has 1 fully saturated rings. The van der Waals surface area contributed by atoms with E-state index in [2.05, 4.69) is 25.9 Å². The van der Waals surface area contributed by atoms with E-state index in [0.717, 1.165) is 0 Å². The number of hydrogen-bond acceptors (Lipinski definition) is 7. The zero-order valence-electron chi connectivity index (χ0n) is 14.3. The smallest absolute Gasteiger partial charge is 0.255 e. The minimum absolute atomic E-state index is 0.140. The highest BCUT2D eigenvalue weighted by Gasteiger charge is 2.26. The first-order valence-corrected chi connectivity index (χ1v) is 9.99. The Kier molecular flexibility index (Phi) is 5.47. The zero-order valence-corrected chi connectivity index (χ0v) is 15.1. The maximum Gasteiger partial charge on any atom is 0.255 e. The Bertz CT molecular complexity index is 847. The van der Waals surface area contributed by atoms with E-state index in [4.69, 9.17) is 4.74 Å². The number of aromatic amines is 1. The van der Waals surface area contributed by atoms with Crippen molar-refractivity contribution >= 4 is 15.9 Å². The van der Waals surface area contributed by atoms with Gasteiger partial charge in [-0.2, -0.15) is 5.21 Å². The third-order valence-corrected chi connectivity index (χ3v) is 5.39. The molecule has 1 aliphatic rings. The topological polar surface area (TPSA) is 130 Å². The molecule has 26 heavy (non-hydrogen) atoms. The van der Waals surface area contributed by atoms with Gasteiger partial charge in [-0.15, -0.1) is 10.2 Å². The number of aromatic nitrogens is 4. The molecular formula is C15H20N6O4S. The highest BCUT2D eigenvalue weighted by molar-refractivity contribution is 7.88. The summed E-state index contributed by atoms with van der Waals surface area (Å²) in [5, 5.41) is 16.0. The number of benzene rings is 1. The zero-order chi connectivity index (χ0) is 18.6. The van der Waals surface area contributed by atoms with Gasteiger partial charge in [0.25, 0.3) is 5.91 Å². The summed E-state index contributed by atoms with van der Waals surface area (Å²) in [4.78, 5) is 12.4. The molecule has 2 aromatic rings. The van der Waals surface area contributed by atoms with Gasteiger partial charge < -0.3 is 10.1 Å². The second kappa shape index (κ2) is 7.79. The lowest BCUT2D eigenvalue weighted by molar-refractivity contribution is 0.0935. The summed E-state index contributed by atoms with van der Waals surface area (Å²) in [5.41, 5.74) is 0.404. The summed E-state index contributed by atoms with van der Waals surface area (Å²) in [6.45, 7) is 0.974. The van der Waals surface area contributed by atoms with Crippen LogP contribution >= 0.6 is 0 Å². The van der Waals surface area contributed by atoms with Crippen molar-refractivity contribution in [2.45, 2.75) is 25.5 Å². The van der Waals surface area contributed by atoms with Crippen molar-refractivity contribution in [3.05, 3.63) is 35.7 Å². The molecule has 2 N–H and O–H groups in total. The number of ether oxygens (including phenoxy) is 1. The van der Waals surface area contributed by atoms with E-state index in [1.165, 1.54) is 10.6 Å². The van der Waals surface area contributed by atoms with Gasteiger partial charge in [0.15, 0.2) is 5.82 Å². The van der Waals surface area contributed by atoms with Crippen molar-refractivity contribution in [2.75, 3.05) is 19.3 Å². The molecule has 1 amide bonds. The van der Waals surface area contributed by atoms with Crippen molar-refractivity contribution in [1.82, 2.24) is 30.2 Å². The fourth-order valence-corrected chi connectivity index (χ4v) is 3.60. The van der Waals surface area contributed by atoms with Crippen LogP contribution in [0, 0.1) is 0 Å². The number of nitrogens with one attached hydrogen (secondary N) is 2. The number of carbonyl (C=O) groups excluding carboxylic acids is 1. The molecule has 10 nitrogen and oxygen atoms in total. The second-order valence-corrected chi connectivity index (χ2v) is 7.97. The van der Waals surface area contributed by atoms with Crippen molar-refractivity contribution in [3.8, 4) is 5.75 Å². The number of nitrogens with zero attached hydrogens (tertiary/aromatic N) is 4. The van der Waals surface area contributed by atoms with E-state index in [1.54, 1.807) is 24.3 Å². The van der Waals surface area contributed by atoms with Crippen molar-refractivity contribution in [1.29, 1.82) is 0 Å². The first kappa shape index (κ1) is 18.3. The van der Waals surface area contributed by atoms with Crippen LogP contribution in [0.2, 0.25) is 0 Å². The molecule has 0 aliphatic carbocycles. The third kappa shape index (κ3) is 4.55. The van der Waals surface area contributed by atoms with Crippen LogP contribution in [0.15, 0.2) is 24.3 Å². The SMILES string of the molecule is CS(=O)(=O)N1CCC(Oc2ccccc2C(=O)NCc2nn[nH]n2)CC1. The molecule has 0 radical (unpaired) electrons. The molecule has 1 aromatic heterocycles. The molecule has 0 unspecified atom stereocenters. The van der Waals surface area contributed by atoms with E-state index in [-0.39, 0.29) is 18.6 Å². The van der Waals surface area contributed by atoms with E-state index >= 15 is 0 Å². The van der Waals surface area contributed by atoms with E-state index in [0.29, 0.717) is 43.1 Å². The fourth-order valence-electron chi connectivity index (χ4n) is 2.73. The summed E-state index contributed by atoms with van der Waals surface area (Å²) in [7, 11) is -3.18. The van der Waals surface area contributed by atoms with Crippen molar-refractivity contribution < 1.29 is 17.9 Å². The lowest BCUT2D eigenvalue weighted by Gasteiger charge is -2.30. The predicted octanol–water partition coefficient (Wildman–Crippen LogP) is -0.0675. The average molecular weight is 380 g/mol. The molecule has 11 heteroatoms. The maximum absolute atomic E-state index is 12.4. The second-order valence-electron chi connectivity index (χ2n) is 5.99. The number of tetrazole rings is 1. The van der Waals surface area contributed by atoms with Crippen LogP contribution in [-0.2, 0) is 16.6 Å². The normalized spacial score (nSPS) is 16.3. The molecule has 1 saturated heterocycles. The molecular weight excluding hydrogens is 360 g/mol. The van der Waals surface area contributed by atoms with Crippen LogP contribution in [0.3, 0.4) is 0 Å². The van der Waals surface area contributed by atoms with Gasteiger partial charge in [0.1, 0.15) is 11.9 Å². The molecule has 3 rings (SSSR count). The average Bonchev–Trinajstić information content (AvgIpc) is 3.13. The van der Waals surface area contributed by atoms with Crippen LogP contribution in [0.1, 0.15) is 29.0 Å². The quantitative estimate of drug-likeness (QED) is 0.717. The lowest BCUT2D eigenvalue weighted by Crippen LogP contribution is -2.41. The van der Waals surface area contributed by atoms with Gasteiger partial charge in [0, 0.05) is 13.1 Å². The number of piperidine rings is 1. The van der Waals surface area contributed by atoms with Gasteiger partial charge in [-0.1, -0.05) is 17.3 Å². The predicted molar refractivity (Wildman–Crippen MR) is 91.9 cm³/mol. The first-order valence-electron chi connectivity index (χ1n) is 8.15. The molecule has 140 valence electrons. The molecule has 0 saturated carbocycles.